The molecule has 4 nitrogen and oxygen atoms in total. The van der Waals surface area contributed by atoms with Crippen LogP contribution in [0.15, 0.2) is 4.52 Å². The van der Waals surface area contributed by atoms with Crippen LogP contribution >= 0.6 is 0 Å². The number of carbonyl (C=O) groups is 1. The first kappa shape index (κ1) is 13.1. The Balaban J connectivity index is 2.24. The number of hydrogen-bond donors (Lipinski definition) is 0. The molecule has 1 aromatic rings. The maximum Gasteiger partial charge on any atom is 0.360 e. The number of fused-ring (bicyclic) bond motifs is 1. The molecule has 18 heavy (non-hydrogen) atoms. The van der Waals surface area contributed by atoms with E-state index in [-0.39, 0.29) is 11.4 Å². The summed E-state index contributed by atoms with van der Waals surface area (Å²) < 4.78 is 10.3. The van der Waals surface area contributed by atoms with E-state index in [0.717, 1.165) is 30.6 Å². The molecule has 2 rings (SSSR count). The average molecular weight is 251 g/mol. The second kappa shape index (κ2) is 4.75. The van der Waals surface area contributed by atoms with E-state index in [2.05, 4.69) is 25.9 Å². The second-order valence-corrected chi connectivity index (χ2v) is 5.96. The molecule has 0 saturated carbocycles. The van der Waals surface area contributed by atoms with Crippen molar-refractivity contribution < 1.29 is 14.1 Å². The lowest BCUT2D eigenvalue weighted by atomic mass is 9.71. The van der Waals surface area contributed by atoms with Crippen molar-refractivity contribution in [2.24, 2.45) is 11.3 Å². The summed E-state index contributed by atoms with van der Waals surface area (Å²) >= 11 is 0. The van der Waals surface area contributed by atoms with Gasteiger partial charge in [0, 0.05) is 12.0 Å². The fourth-order valence-electron chi connectivity index (χ4n) is 2.50. The molecule has 100 valence electrons. The Bertz CT molecular complexity index is 442. The molecule has 0 fully saturated rings. The van der Waals surface area contributed by atoms with Crippen LogP contribution in [0.1, 0.15) is 55.9 Å². The van der Waals surface area contributed by atoms with E-state index in [1.54, 1.807) is 6.92 Å². The van der Waals surface area contributed by atoms with Crippen molar-refractivity contribution in [3.05, 3.63) is 17.0 Å². The lowest BCUT2D eigenvalue weighted by molar-refractivity contribution is 0.0513. The van der Waals surface area contributed by atoms with Crippen molar-refractivity contribution in [1.29, 1.82) is 0 Å². The summed E-state index contributed by atoms with van der Waals surface area (Å²) in [6.45, 7) is 8.87. The summed E-state index contributed by atoms with van der Waals surface area (Å²) in [6, 6.07) is 0. The molecule has 1 aliphatic carbocycles. The van der Waals surface area contributed by atoms with Crippen LogP contribution < -0.4 is 0 Å². The molecule has 0 saturated heterocycles. The normalized spacial score (nSPS) is 19.4. The van der Waals surface area contributed by atoms with Crippen LogP contribution in [-0.4, -0.2) is 17.7 Å². The van der Waals surface area contributed by atoms with E-state index >= 15 is 0 Å². The van der Waals surface area contributed by atoms with Crippen LogP contribution in [0, 0.1) is 11.3 Å². The zero-order valence-electron chi connectivity index (χ0n) is 11.6. The summed E-state index contributed by atoms with van der Waals surface area (Å²) in [5, 5.41) is 3.88. The topological polar surface area (TPSA) is 52.3 Å². The van der Waals surface area contributed by atoms with E-state index in [1.165, 1.54) is 0 Å². The molecule has 1 aromatic heterocycles. The number of nitrogens with zero attached hydrogens (tertiary/aromatic N) is 1. The summed E-state index contributed by atoms with van der Waals surface area (Å²) in [4.78, 5) is 11.8. The summed E-state index contributed by atoms with van der Waals surface area (Å²) in [5.41, 5.74) is 1.57. The monoisotopic (exact) mass is 251 g/mol. The summed E-state index contributed by atoms with van der Waals surface area (Å²) in [5.74, 6) is 1.05. The third-order valence-corrected chi connectivity index (χ3v) is 3.73. The molecule has 1 heterocycles. The molecule has 1 atom stereocenters. The fourth-order valence-corrected chi connectivity index (χ4v) is 2.50. The van der Waals surface area contributed by atoms with Crippen molar-refractivity contribution in [3.63, 3.8) is 0 Å². The van der Waals surface area contributed by atoms with E-state index in [1.807, 2.05) is 0 Å². The van der Waals surface area contributed by atoms with Gasteiger partial charge in [-0.2, -0.15) is 0 Å². The van der Waals surface area contributed by atoms with E-state index < -0.39 is 0 Å². The molecular weight excluding hydrogens is 230 g/mol. The predicted molar refractivity (Wildman–Crippen MR) is 67.4 cm³/mol. The maximum absolute atomic E-state index is 11.8. The quantitative estimate of drug-likeness (QED) is 0.758. The zero-order valence-corrected chi connectivity index (χ0v) is 11.6. The molecule has 0 amide bonds. The summed E-state index contributed by atoms with van der Waals surface area (Å²) in [6.07, 6.45) is 2.81. The first-order chi connectivity index (χ1) is 8.43. The van der Waals surface area contributed by atoms with Gasteiger partial charge >= 0.3 is 5.97 Å². The highest BCUT2D eigenvalue weighted by atomic mass is 16.5. The highest BCUT2D eigenvalue weighted by molar-refractivity contribution is 5.89. The van der Waals surface area contributed by atoms with Gasteiger partial charge in [0.05, 0.1) is 6.61 Å². The van der Waals surface area contributed by atoms with Gasteiger partial charge in [-0.15, -0.1) is 0 Å². The molecule has 1 aliphatic rings. The highest BCUT2D eigenvalue weighted by Gasteiger charge is 2.34. The molecule has 1 unspecified atom stereocenters. The van der Waals surface area contributed by atoms with Crippen LogP contribution in [0.5, 0.6) is 0 Å². The molecular formula is C14H21NO3. The van der Waals surface area contributed by atoms with Crippen LogP contribution in [0.25, 0.3) is 0 Å². The molecule has 0 radical (unpaired) electrons. The molecule has 0 spiro atoms. The van der Waals surface area contributed by atoms with E-state index in [4.69, 9.17) is 9.26 Å². The first-order valence-corrected chi connectivity index (χ1v) is 6.58. The van der Waals surface area contributed by atoms with Crippen molar-refractivity contribution >= 4 is 5.97 Å². The number of hydrogen-bond acceptors (Lipinski definition) is 4. The third-order valence-electron chi connectivity index (χ3n) is 3.73. The standard InChI is InChI=1S/C14H21NO3/c1-5-17-13(16)12-10-8-9(14(2,3)4)6-7-11(10)18-15-12/h9H,5-8H2,1-4H3. The number of aryl methyl sites for hydroxylation is 1. The maximum atomic E-state index is 11.8. The van der Waals surface area contributed by atoms with Gasteiger partial charge in [0.1, 0.15) is 5.76 Å². The van der Waals surface area contributed by atoms with Crippen molar-refractivity contribution in [2.45, 2.75) is 47.0 Å². The van der Waals surface area contributed by atoms with Gasteiger partial charge in [0.2, 0.25) is 0 Å². The Kier molecular flexibility index (Phi) is 3.46. The number of esters is 1. The first-order valence-electron chi connectivity index (χ1n) is 6.58. The van der Waals surface area contributed by atoms with Gasteiger partial charge < -0.3 is 9.26 Å². The largest absolute Gasteiger partial charge is 0.461 e. The Morgan fingerprint density at radius 2 is 2.22 bits per heavy atom. The van der Waals surface area contributed by atoms with Crippen LogP contribution in [0.2, 0.25) is 0 Å². The van der Waals surface area contributed by atoms with Gasteiger partial charge in [-0.3, -0.25) is 0 Å². The van der Waals surface area contributed by atoms with Crippen LogP contribution in [0.3, 0.4) is 0 Å². The Labute approximate surface area is 108 Å². The van der Waals surface area contributed by atoms with Crippen molar-refractivity contribution in [2.75, 3.05) is 6.61 Å². The minimum Gasteiger partial charge on any atom is -0.461 e. The van der Waals surface area contributed by atoms with Gasteiger partial charge in [0.25, 0.3) is 0 Å². The molecule has 0 aromatic carbocycles. The third kappa shape index (κ3) is 2.42. The minimum atomic E-state index is -0.364. The Hall–Kier alpha value is -1.32. The Morgan fingerprint density at radius 1 is 1.50 bits per heavy atom. The molecule has 4 heteroatoms. The van der Waals surface area contributed by atoms with Gasteiger partial charge in [-0.25, -0.2) is 4.79 Å². The molecule has 0 aliphatic heterocycles. The lowest BCUT2D eigenvalue weighted by Gasteiger charge is -2.33. The fraction of sp³-hybridized carbons (Fsp3) is 0.714. The minimum absolute atomic E-state index is 0.237. The number of rotatable bonds is 2. The lowest BCUT2D eigenvalue weighted by Crippen LogP contribution is -2.27. The number of ether oxygens (including phenoxy) is 1. The van der Waals surface area contributed by atoms with Crippen molar-refractivity contribution in [1.82, 2.24) is 5.16 Å². The zero-order chi connectivity index (χ0) is 13.3. The van der Waals surface area contributed by atoms with Crippen LogP contribution in [0.4, 0.5) is 0 Å². The van der Waals surface area contributed by atoms with E-state index in [0.29, 0.717) is 18.2 Å². The molecule has 0 N–H and O–H groups in total. The van der Waals surface area contributed by atoms with Gasteiger partial charge in [0.15, 0.2) is 5.69 Å². The smallest absolute Gasteiger partial charge is 0.360 e. The Morgan fingerprint density at radius 3 is 2.83 bits per heavy atom. The molecule has 0 bridgehead atoms. The van der Waals surface area contributed by atoms with Crippen LogP contribution in [-0.2, 0) is 17.6 Å². The van der Waals surface area contributed by atoms with Crippen molar-refractivity contribution in [3.8, 4) is 0 Å². The highest BCUT2D eigenvalue weighted by Crippen LogP contribution is 2.38. The van der Waals surface area contributed by atoms with Gasteiger partial charge in [-0.1, -0.05) is 25.9 Å². The van der Waals surface area contributed by atoms with Gasteiger partial charge in [-0.05, 0) is 31.1 Å². The SMILES string of the molecule is CCOC(=O)c1noc2c1CC(C(C)(C)C)CC2. The van der Waals surface area contributed by atoms with E-state index in [9.17, 15) is 4.79 Å². The number of aromatic nitrogens is 1. The summed E-state index contributed by atoms with van der Waals surface area (Å²) in [7, 11) is 0. The number of carbonyl (C=O) groups excluding carboxylic acids is 1. The predicted octanol–water partition coefficient (Wildman–Crippen LogP) is 3.00. The average Bonchev–Trinajstić information content (AvgIpc) is 2.70. The second-order valence-electron chi connectivity index (χ2n) is 5.96.